The van der Waals surface area contributed by atoms with E-state index in [1.807, 2.05) is 0 Å². The van der Waals surface area contributed by atoms with Gasteiger partial charge in [0, 0.05) is 6.07 Å². The predicted octanol–water partition coefficient (Wildman–Crippen LogP) is 3.62. The summed E-state index contributed by atoms with van der Waals surface area (Å²) in [4.78, 5) is 12.2. The number of hydrogen-bond acceptors (Lipinski definition) is 4. The van der Waals surface area contributed by atoms with E-state index in [1.54, 1.807) is 18.2 Å². The maximum atomic E-state index is 13.2. The third-order valence-electron chi connectivity index (χ3n) is 3.36. The molecule has 22 heavy (non-hydrogen) atoms. The maximum Gasteiger partial charge on any atom is 0.193 e. The van der Waals surface area contributed by atoms with E-state index >= 15 is 0 Å². The van der Waals surface area contributed by atoms with Crippen LogP contribution in [0.25, 0.3) is 22.3 Å². The van der Waals surface area contributed by atoms with Gasteiger partial charge in [0.15, 0.2) is 16.9 Å². The lowest BCUT2D eigenvalue weighted by atomic mass is 10.1. The van der Waals surface area contributed by atoms with Gasteiger partial charge in [-0.25, -0.2) is 4.39 Å². The number of fused-ring (bicyclic) bond motifs is 1. The summed E-state index contributed by atoms with van der Waals surface area (Å²) in [6.45, 7) is 0. The molecule has 0 spiro atoms. The van der Waals surface area contributed by atoms with Gasteiger partial charge < -0.3 is 13.9 Å². The second-order valence-corrected chi connectivity index (χ2v) is 4.66. The van der Waals surface area contributed by atoms with Gasteiger partial charge in [-0.2, -0.15) is 0 Å². The number of rotatable bonds is 3. The number of ether oxygens (including phenoxy) is 2. The van der Waals surface area contributed by atoms with Crippen LogP contribution in [0.3, 0.4) is 0 Å². The number of halogens is 1. The quantitative estimate of drug-likeness (QED) is 0.741. The van der Waals surface area contributed by atoms with Gasteiger partial charge in [-0.1, -0.05) is 6.07 Å². The molecule has 0 aliphatic carbocycles. The Hall–Kier alpha value is -2.82. The fourth-order valence-corrected chi connectivity index (χ4v) is 2.34. The van der Waals surface area contributed by atoms with Gasteiger partial charge in [0.2, 0.25) is 0 Å². The van der Waals surface area contributed by atoms with Gasteiger partial charge in [-0.05, 0) is 30.3 Å². The molecular formula is C17H13FO4. The first-order valence-corrected chi connectivity index (χ1v) is 6.59. The van der Waals surface area contributed by atoms with Gasteiger partial charge in [0.1, 0.15) is 17.2 Å². The fraction of sp³-hybridized carbons (Fsp3) is 0.118. The van der Waals surface area contributed by atoms with Crippen molar-refractivity contribution in [2.24, 2.45) is 0 Å². The first-order valence-electron chi connectivity index (χ1n) is 6.59. The lowest BCUT2D eigenvalue weighted by molar-refractivity contribution is 0.355. The minimum Gasteiger partial charge on any atom is -0.493 e. The lowest BCUT2D eigenvalue weighted by Gasteiger charge is -2.12. The van der Waals surface area contributed by atoms with Crippen LogP contribution in [0.5, 0.6) is 11.5 Å². The fourth-order valence-electron chi connectivity index (χ4n) is 2.34. The summed E-state index contributed by atoms with van der Waals surface area (Å²) >= 11 is 0. The number of benzene rings is 2. The molecule has 4 nitrogen and oxygen atoms in total. The first kappa shape index (κ1) is 14.1. The third kappa shape index (κ3) is 2.30. The van der Waals surface area contributed by atoms with Crippen LogP contribution in [0.1, 0.15) is 0 Å². The highest BCUT2D eigenvalue weighted by Crippen LogP contribution is 2.38. The van der Waals surface area contributed by atoms with Gasteiger partial charge in [0.05, 0.1) is 25.2 Å². The van der Waals surface area contributed by atoms with Crippen molar-refractivity contribution >= 4 is 11.0 Å². The highest BCUT2D eigenvalue weighted by atomic mass is 19.1. The van der Waals surface area contributed by atoms with Crippen LogP contribution in [0, 0.1) is 5.82 Å². The Morgan fingerprint density at radius 1 is 1.05 bits per heavy atom. The van der Waals surface area contributed by atoms with Crippen molar-refractivity contribution in [1.82, 2.24) is 0 Å². The highest BCUT2D eigenvalue weighted by molar-refractivity contribution is 5.80. The Kier molecular flexibility index (Phi) is 3.55. The molecule has 0 atom stereocenters. The molecule has 1 heterocycles. The molecule has 0 radical (unpaired) electrons. The zero-order valence-electron chi connectivity index (χ0n) is 12.1. The molecule has 0 saturated carbocycles. The van der Waals surface area contributed by atoms with E-state index in [2.05, 4.69) is 0 Å². The van der Waals surface area contributed by atoms with E-state index in [0.29, 0.717) is 28.4 Å². The van der Waals surface area contributed by atoms with Crippen LogP contribution in [-0.2, 0) is 0 Å². The minimum absolute atomic E-state index is 0.200. The van der Waals surface area contributed by atoms with Gasteiger partial charge in [-0.15, -0.1) is 0 Å². The monoisotopic (exact) mass is 300 g/mol. The van der Waals surface area contributed by atoms with Crippen molar-refractivity contribution in [1.29, 1.82) is 0 Å². The maximum absolute atomic E-state index is 13.2. The Labute approximate surface area is 125 Å². The Morgan fingerprint density at radius 3 is 2.59 bits per heavy atom. The molecule has 3 rings (SSSR count). The Bertz CT molecular complexity index is 899. The van der Waals surface area contributed by atoms with Crippen LogP contribution >= 0.6 is 0 Å². The van der Waals surface area contributed by atoms with Crippen molar-refractivity contribution in [2.45, 2.75) is 0 Å². The molecule has 0 bridgehead atoms. The number of hydrogen-bond donors (Lipinski definition) is 0. The molecule has 0 saturated heterocycles. The zero-order chi connectivity index (χ0) is 15.7. The summed E-state index contributed by atoms with van der Waals surface area (Å²) in [5.74, 6) is 0.850. The minimum atomic E-state index is -0.480. The molecular weight excluding hydrogens is 287 g/mol. The van der Waals surface area contributed by atoms with Gasteiger partial charge in [-0.3, -0.25) is 4.79 Å². The van der Waals surface area contributed by atoms with Crippen LogP contribution in [0.4, 0.5) is 4.39 Å². The largest absolute Gasteiger partial charge is 0.493 e. The second-order valence-electron chi connectivity index (χ2n) is 4.66. The zero-order valence-corrected chi connectivity index (χ0v) is 12.1. The molecule has 0 fully saturated rings. The molecule has 0 aliphatic rings. The molecule has 1 aromatic heterocycles. The summed E-state index contributed by atoms with van der Waals surface area (Å²) < 4.78 is 29.5. The van der Waals surface area contributed by atoms with E-state index in [9.17, 15) is 9.18 Å². The van der Waals surface area contributed by atoms with Crippen LogP contribution < -0.4 is 14.9 Å². The molecule has 3 aromatic rings. The van der Waals surface area contributed by atoms with Gasteiger partial charge in [0.25, 0.3) is 0 Å². The van der Waals surface area contributed by atoms with Crippen LogP contribution in [0.2, 0.25) is 0 Å². The van der Waals surface area contributed by atoms with E-state index in [4.69, 9.17) is 13.9 Å². The van der Waals surface area contributed by atoms with Gasteiger partial charge >= 0.3 is 0 Å². The summed E-state index contributed by atoms with van der Waals surface area (Å²) in [7, 11) is 3.04. The number of para-hydroxylation sites is 1. The van der Waals surface area contributed by atoms with Crippen molar-refractivity contribution in [2.75, 3.05) is 14.2 Å². The Morgan fingerprint density at radius 2 is 1.86 bits per heavy atom. The average Bonchev–Trinajstić information content (AvgIpc) is 2.54. The predicted molar refractivity (Wildman–Crippen MR) is 81.0 cm³/mol. The normalized spacial score (nSPS) is 10.7. The summed E-state index contributed by atoms with van der Waals surface area (Å²) in [6, 6.07) is 10.4. The molecule has 112 valence electrons. The van der Waals surface area contributed by atoms with Crippen LogP contribution in [-0.4, -0.2) is 14.2 Å². The van der Waals surface area contributed by atoms with Crippen molar-refractivity contribution in [3.63, 3.8) is 0 Å². The van der Waals surface area contributed by atoms with E-state index in [1.165, 1.54) is 32.4 Å². The molecule has 5 heteroatoms. The van der Waals surface area contributed by atoms with Crippen molar-refractivity contribution < 1.29 is 18.3 Å². The van der Waals surface area contributed by atoms with E-state index in [0.717, 1.165) is 6.07 Å². The molecule has 0 unspecified atom stereocenters. The van der Waals surface area contributed by atoms with Crippen LogP contribution in [0.15, 0.2) is 51.7 Å². The molecule has 0 N–H and O–H groups in total. The standard InChI is InChI=1S/C17H13FO4/c1-20-15-5-3-4-11(17(15)21-2)16-9-13(19)12-8-10(18)6-7-14(12)22-16/h3-9H,1-2H3. The first-order chi connectivity index (χ1) is 10.6. The molecule has 0 aliphatic heterocycles. The van der Waals surface area contributed by atoms with E-state index < -0.39 is 5.82 Å². The SMILES string of the molecule is COc1cccc(-c2cc(=O)c3cc(F)ccc3o2)c1OC. The van der Waals surface area contributed by atoms with E-state index in [-0.39, 0.29) is 10.8 Å². The lowest BCUT2D eigenvalue weighted by Crippen LogP contribution is -2.01. The third-order valence-corrected chi connectivity index (χ3v) is 3.36. The topological polar surface area (TPSA) is 48.7 Å². The molecule has 0 amide bonds. The van der Waals surface area contributed by atoms with Crippen molar-refractivity contribution in [3.05, 3.63) is 58.5 Å². The number of methoxy groups -OCH3 is 2. The van der Waals surface area contributed by atoms with Crippen molar-refractivity contribution in [3.8, 4) is 22.8 Å². The second kappa shape index (κ2) is 5.52. The smallest absolute Gasteiger partial charge is 0.193 e. The highest BCUT2D eigenvalue weighted by Gasteiger charge is 2.15. The summed E-state index contributed by atoms with van der Waals surface area (Å²) in [5.41, 5.74) is 0.583. The average molecular weight is 300 g/mol. The summed E-state index contributed by atoms with van der Waals surface area (Å²) in [5, 5.41) is 0.200. The summed E-state index contributed by atoms with van der Waals surface area (Å²) in [6.07, 6.45) is 0. The Balaban J connectivity index is 2.28. The molecule has 2 aromatic carbocycles.